The predicted octanol–water partition coefficient (Wildman–Crippen LogP) is 5.17. The number of aliphatic hydroxyl groups excluding tert-OH is 2. The number of fused-ring (bicyclic) bond motifs is 10. The van der Waals surface area contributed by atoms with Crippen LogP contribution in [-0.4, -0.2) is 187 Å². The number of hydrogen-bond donors (Lipinski definition) is 2. The third kappa shape index (κ3) is 8.56. The molecule has 16 heterocycles. The van der Waals surface area contributed by atoms with Crippen molar-refractivity contribution in [3.05, 3.63) is 24.3 Å². The first-order valence-corrected chi connectivity index (χ1v) is 29.7. The molecule has 0 amide bonds. The van der Waals surface area contributed by atoms with Crippen LogP contribution in [0.1, 0.15) is 137 Å². The van der Waals surface area contributed by atoms with E-state index < -0.39 is 60.1 Å². The van der Waals surface area contributed by atoms with Crippen LogP contribution in [0, 0.1) is 23.7 Å². The smallest absolute Gasteiger partial charge is 0.308 e. The number of carbonyl (C=O) groups is 1. The Labute approximate surface area is 446 Å². The van der Waals surface area contributed by atoms with Crippen LogP contribution < -0.4 is 0 Å². The van der Waals surface area contributed by atoms with Crippen LogP contribution in [-0.2, 0) is 75.8 Å². The fraction of sp³-hybridized carbons (Fsp3) is 0.914. The maximum absolute atomic E-state index is 14.5. The van der Waals surface area contributed by atoms with E-state index in [-0.39, 0.29) is 146 Å². The average molecular weight is 1070 g/mol. The largest absolute Gasteiger partial charge is 0.459 e. The minimum atomic E-state index is -0.911. The lowest BCUT2D eigenvalue weighted by molar-refractivity contribution is -0.371. The van der Waals surface area contributed by atoms with Crippen LogP contribution in [0.3, 0.4) is 0 Å². The molecule has 18 heteroatoms. The highest BCUT2D eigenvalue weighted by Gasteiger charge is 2.70. The summed E-state index contributed by atoms with van der Waals surface area (Å²) in [6.45, 7) is 17.6. The molecule has 18 nitrogen and oxygen atoms in total. The van der Waals surface area contributed by atoms with Crippen molar-refractivity contribution in [2.45, 2.75) is 301 Å². The Morgan fingerprint density at radius 1 is 0.487 bits per heavy atom. The Kier molecular flexibility index (Phi) is 12.8. The number of esters is 1. The molecule has 2 N–H and O–H groups in total. The number of hydrogen-bond acceptors (Lipinski definition) is 18. The van der Waals surface area contributed by atoms with Gasteiger partial charge in [0.05, 0.1) is 117 Å². The van der Waals surface area contributed by atoms with E-state index in [0.717, 1.165) is 49.7 Å². The first-order chi connectivity index (χ1) is 36.6. The second-order valence-corrected chi connectivity index (χ2v) is 26.7. The van der Waals surface area contributed by atoms with Gasteiger partial charge in [0.2, 0.25) is 0 Å². The van der Waals surface area contributed by atoms with Gasteiger partial charge >= 0.3 is 5.97 Å². The van der Waals surface area contributed by atoms with Crippen LogP contribution in [0.2, 0.25) is 0 Å². The number of rotatable bonds is 1. The molecule has 16 rings (SSSR count). The molecule has 31 atom stereocenters. The zero-order chi connectivity index (χ0) is 51.7. The minimum Gasteiger partial charge on any atom is -0.459 e. The highest BCUT2D eigenvalue weighted by atomic mass is 16.8. The topological polar surface area (TPSA) is 196 Å². The van der Waals surface area contributed by atoms with E-state index in [1.165, 1.54) is 0 Å². The van der Waals surface area contributed by atoms with Crippen LogP contribution in [0.4, 0.5) is 0 Å². The molecule has 76 heavy (non-hydrogen) atoms. The lowest BCUT2D eigenvalue weighted by Gasteiger charge is -2.54. The Hall–Kier alpha value is -1.69. The monoisotopic (exact) mass is 1070 g/mol. The van der Waals surface area contributed by atoms with Crippen molar-refractivity contribution in [1.82, 2.24) is 0 Å². The summed E-state index contributed by atoms with van der Waals surface area (Å²) in [5, 5.41) is 20.6. The summed E-state index contributed by atoms with van der Waals surface area (Å²) in [5.41, 5.74) is 2.16. The van der Waals surface area contributed by atoms with E-state index in [9.17, 15) is 15.0 Å². The van der Waals surface area contributed by atoms with Crippen molar-refractivity contribution in [3.8, 4) is 0 Å². The molecule has 16 aliphatic rings. The van der Waals surface area contributed by atoms with Gasteiger partial charge in [-0.2, -0.15) is 0 Å². The normalized spacial score (nSPS) is 59.3. The molecular formula is C58H82O18. The first-order valence-electron chi connectivity index (χ1n) is 29.7. The summed E-state index contributed by atoms with van der Waals surface area (Å²) < 4.78 is 103. The highest BCUT2D eigenvalue weighted by molar-refractivity contribution is 5.70. The van der Waals surface area contributed by atoms with Crippen LogP contribution in [0.25, 0.3) is 0 Å². The molecule has 16 fully saturated rings. The molecular weight excluding hydrogens is 985 g/mol. The molecule has 0 aromatic carbocycles. The van der Waals surface area contributed by atoms with Crippen molar-refractivity contribution in [3.63, 3.8) is 0 Å². The number of aliphatic hydroxyl groups is 2. The summed E-state index contributed by atoms with van der Waals surface area (Å²) in [4.78, 5) is 14.5. The Morgan fingerprint density at radius 3 is 2.01 bits per heavy atom. The van der Waals surface area contributed by atoms with Gasteiger partial charge in [0, 0.05) is 63.7 Å². The Balaban J connectivity index is 0.669. The Morgan fingerprint density at radius 2 is 1.16 bits per heavy atom. The maximum atomic E-state index is 14.5. The molecule has 0 aromatic rings. The van der Waals surface area contributed by atoms with Gasteiger partial charge in [-0.15, -0.1) is 0 Å². The van der Waals surface area contributed by atoms with Crippen molar-refractivity contribution in [2.75, 3.05) is 6.61 Å². The fourth-order valence-electron chi connectivity index (χ4n) is 17.8. The second kappa shape index (κ2) is 18.9. The van der Waals surface area contributed by atoms with Gasteiger partial charge in [0.25, 0.3) is 0 Å². The van der Waals surface area contributed by atoms with Crippen LogP contribution in [0.15, 0.2) is 24.3 Å². The van der Waals surface area contributed by atoms with E-state index in [0.29, 0.717) is 64.2 Å². The molecule has 16 saturated heterocycles. The molecule has 0 aromatic heterocycles. The van der Waals surface area contributed by atoms with Gasteiger partial charge in [0.1, 0.15) is 42.7 Å². The quantitative estimate of drug-likeness (QED) is 0.258. The lowest BCUT2D eigenvalue weighted by atomic mass is 9.78. The zero-order valence-electron chi connectivity index (χ0n) is 44.7. The molecule has 0 aliphatic carbocycles. The molecule has 0 saturated carbocycles. The maximum Gasteiger partial charge on any atom is 0.308 e. The summed E-state index contributed by atoms with van der Waals surface area (Å²) in [6, 6.07) is 0. The van der Waals surface area contributed by atoms with Gasteiger partial charge in [-0.3, -0.25) is 4.79 Å². The van der Waals surface area contributed by atoms with Gasteiger partial charge in [-0.1, -0.05) is 40.9 Å². The third-order valence-corrected chi connectivity index (χ3v) is 21.4. The van der Waals surface area contributed by atoms with Crippen molar-refractivity contribution in [1.29, 1.82) is 0 Å². The molecule has 4 unspecified atom stereocenters. The van der Waals surface area contributed by atoms with Crippen LogP contribution >= 0.6 is 0 Å². The summed E-state index contributed by atoms with van der Waals surface area (Å²) >= 11 is 0. The number of ether oxygens (including phenoxy) is 15. The van der Waals surface area contributed by atoms with Gasteiger partial charge in [0.15, 0.2) is 17.4 Å². The van der Waals surface area contributed by atoms with Crippen LogP contribution in [0.5, 0.6) is 0 Å². The molecule has 16 aliphatic heterocycles. The predicted molar refractivity (Wildman–Crippen MR) is 263 cm³/mol. The number of carbonyl (C=O) groups excluding carboxylic acids is 1. The van der Waals surface area contributed by atoms with Crippen molar-refractivity contribution in [2.24, 2.45) is 23.7 Å². The molecule has 12 bridgehead atoms. The first kappa shape index (κ1) is 51.2. The SMILES string of the molecule is C=C1C2C[C@@H]3O[C@H]4C[C@H]5O[C@@]6(C[C@@H]7OC8(C[C@H](C)[C@@H]9O[C@H](CO)[C@H](O)C[C@@H]9O8)C[C@H](C)[C@@H]7O6)C[C@H]5O[C@H]4[C@H](C)[C@H]3OC(=O)C[C@H]3CC[C@@H]4O[C@H]5C6O[C@]7(CC[C@H]8CC(=C)[C@H](CC[C@@H](C[C@H]1C)O2)O8)CC6O[C@H]5[C@@H](O7)[C@H]4O3. The Bertz CT molecular complexity index is 2270. The molecule has 0 radical (unpaired) electrons. The second-order valence-electron chi connectivity index (χ2n) is 26.7. The summed E-state index contributed by atoms with van der Waals surface area (Å²) in [5.74, 6) is -2.71. The third-order valence-electron chi connectivity index (χ3n) is 21.4. The van der Waals surface area contributed by atoms with E-state index in [1.54, 1.807) is 0 Å². The highest BCUT2D eigenvalue weighted by Crippen LogP contribution is 2.58. The summed E-state index contributed by atoms with van der Waals surface area (Å²) in [6.07, 6.45) is 3.22. The molecule has 3 spiro atoms. The van der Waals surface area contributed by atoms with Gasteiger partial charge < -0.3 is 81.3 Å². The van der Waals surface area contributed by atoms with E-state index in [2.05, 4.69) is 40.9 Å². The van der Waals surface area contributed by atoms with Crippen molar-refractivity contribution < 1.29 is 86.1 Å². The van der Waals surface area contributed by atoms with Gasteiger partial charge in [-0.25, -0.2) is 0 Å². The molecule has 422 valence electrons. The van der Waals surface area contributed by atoms with Crippen molar-refractivity contribution >= 4 is 5.97 Å². The summed E-state index contributed by atoms with van der Waals surface area (Å²) in [7, 11) is 0. The van der Waals surface area contributed by atoms with E-state index in [4.69, 9.17) is 71.1 Å². The average Bonchev–Trinajstić information content (AvgIpc) is 4.26. The van der Waals surface area contributed by atoms with Gasteiger partial charge in [-0.05, 0) is 73.8 Å². The fourth-order valence-corrected chi connectivity index (χ4v) is 17.8. The van der Waals surface area contributed by atoms with E-state index >= 15 is 0 Å². The minimum absolute atomic E-state index is 0.0127. The van der Waals surface area contributed by atoms with E-state index in [1.807, 2.05) is 0 Å². The lowest BCUT2D eigenvalue weighted by Crippen LogP contribution is -2.62. The zero-order valence-corrected chi connectivity index (χ0v) is 44.7. The standard InChI is InChI=1S/C58H82O18/c1-25-13-31-7-9-35-26(2)14-33(62-35)11-12-56-22-43-52(75-56)53-54(68-43)55(76-56)51-36(66-53)10-8-32(64-51)15-46(61)70-50-30(6)49-40(65-39(50)17-37(63-31)29(25)5)18-38-42(67-49)21-58(71-38)23-44-48(74-58)28(4)20-57(73-44)19-27(3)47-41(72-57)16-34(60)45(24-59)69-47/h25,27-28,30-45,47-55,59-60H,2,5,7-24H2,1,3-4,6H3/t25-,27+,28+,30+,31+,32-,33+,34-,35+,36+,37?,38-,39+,40+,41+,42-,43?,44+,45-,47+,48+,49+,50-,51+,52?,53+,54-,55+,56+,57?,58+/m1/s1.